The molecule has 9 nitrogen and oxygen atoms in total. The fraction of sp³-hybridized carbons (Fsp3) is 0.160. The Kier molecular flexibility index (Phi) is 7.22. The number of aromatic amines is 1. The van der Waals surface area contributed by atoms with E-state index in [9.17, 15) is 9.59 Å². The van der Waals surface area contributed by atoms with Crippen molar-refractivity contribution in [3.63, 3.8) is 0 Å². The summed E-state index contributed by atoms with van der Waals surface area (Å²) in [5.74, 6) is 0.948. The number of carbonyl (C=O) groups excluding carboxylic acids is 1. The highest BCUT2D eigenvalue weighted by molar-refractivity contribution is 7.99. The SMILES string of the molecule is CCOc1ccc(-n2c(=S)sc3c(=O)n(-c4ccccc4)c(SCC(=O)Nc4cc(C)[nH]n4)nc32)cc1. The number of benzene rings is 2. The van der Waals surface area contributed by atoms with Crippen molar-refractivity contribution in [2.45, 2.75) is 19.0 Å². The van der Waals surface area contributed by atoms with E-state index in [1.165, 1.54) is 27.7 Å². The van der Waals surface area contributed by atoms with Gasteiger partial charge in [0, 0.05) is 17.4 Å². The Balaban J connectivity index is 1.58. The van der Waals surface area contributed by atoms with Crippen LogP contribution < -0.4 is 15.6 Å². The topological polar surface area (TPSA) is 107 Å². The van der Waals surface area contributed by atoms with Crippen molar-refractivity contribution in [3.8, 4) is 17.1 Å². The second-order valence-corrected chi connectivity index (χ2v) is 10.5. The van der Waals surface area contributed by atoms with Gasteiger partial charge in [0.2, 0.25) is 5.91 Å². The highest BCUT2D eigenvalue weighted by Crippen LogP contribution is 2.28. The molecule has 0 atom stereocenters. The molecule has 5 aromatic rings. The number of aromatic nitrogens is 5. The summed E-state index contributed by atoms with van der Waals surface area (Å²) >= 11 is 8.02. The minimum absolute atomic E-state index is 0.0324. The molecule has 0 radical (unpaired) electrons. The van der Waals surface area contributed by atoms with Crippen LogP contribution in [-0.4, -0.2) is 42.6 Å². The zero-order valence-electron chi connectivity index (χ0n) is 19.9. The van der Waals surface area contributed by atoms with E-state index in [4.69, 9.17) is 21.9 Å². The number of anilines is 1. The van der Waals surface area contributed by atoms with E-state index < -0.39 is 0 Å². The number of rotatable bonds is 8. The maximum Gasteiger partial charge on any atom is 0.278 e. The smallest absolute Gasteiger partial charge is 0.278 e. The van der Waals surface area contributed by atoms with Crippen LogP contribution in [0.3, 0.4) is 0 Å². The third-order valence-electron chi connectivity index (χ3n) is 5.30. The molecule has 0 saturated carbocycles. The molecule has 0 aliphatic carbocycles. The van der Waals surface area contributed by atoms with Gasteiger partial charge in [0.05, 0.1) is 18.0 Å². The summed E-state index contributed by atoms with van der Waals surface area (Å²) < 4.78 is 9.78. The van der Waals surface area contributed by atoms with Gasteiger partial charge < -0.3 is 10.1 Å². The Bertz CT molecular complexity index is 1690. The van der Waals surface area contributed by atoms with E-state index in [0.29, 0.717) is 37.6 Å². The number of thioether (sulfide) groups is 1. The quantitative estimate of drug-likeness (QED) is 0.157. The lowest BCUT2D eigenvalue weighted by molar-refractivity contribution is -0.113. The molecule has 0 fully saturated rings. The van der Waals surface area contributed by atoms with Crippen molar-refractivity contribution in [3.05, 3.63) is 80.7 Å². The Morgan fingerprint density at radius 2 is 1.86 bits per heavy atom. The third kappa shape index (κ3) is 5.22. The number of hydrogen-bond donors (Lipinski definition) is 2. The van der Waals surface area contributed by atoms with E-state index in [0.717, 1.165) is 17.1 Å². The average Bonchev–Trinajstić information content (AvgIpc) is 3.46. The van der Waals surface area contributed by atoms with Crippen molar-refractivity contribution in [2.75, 3.05) is 17.7 Å². The molecule has 0 unspecified atom stereocenters. The Morgan fingerprint density at radius 3 is 2.54 bits per heavy atom. The normalized spacial score (nSPS) is 11.1. The first-order valence-electron chi connectivity index (χ1n) is 11.4. The van der Waals surface area contributed by atoms with Gasteiger partial charge in [-0.3, -0.25) is 23.8 Å². The van der Waals surface area contributed by atoms with Gasteiger partial charge in [-0.2, -0.15) is 5.10 Å². The van der Waals surface area contributed by atoms with E-state index in [-0.39, 0.29) is 17.2 Å². The zero-order valence-corrected chi connectivity index (χ0v) is 22.4. The fourth-order valence-corrected chi connectivity index (χ4v) is 5.82. The molecule has 0 aliphatic rings. The molecule has 3 aromatic heterocycles. The van der Waals surface area contributed by atoms with Crippen LogP contribution in [0.2, 0.25) is 0 Å². The predicted molar refractivity (Wildman–Crippen MR) is 149 cm³/mol. The summed E-state index contributed by atoms with van der Waals surface area (Å²) in [6.45, 7) is 4.34. The van der Waals surface area contributed by atoms with Crippen LogP contribution in [0.1, 0.15) is 12.6 Å². The van der Waals surface area contributed by atoms with Gasteiger partial charge in [-0.1, -0.05) is 41.3 Å². The molecule has 37 heavy (non-hydrogen) atoms. The lowest BCUT2D eigenvalue weighted by Gasteiger charge is -2.13. The number of carbonyl (C=O) groups is 1. The monoisotopic (exact) mass is 550 g/mol. The number of fused-ring (bicyclic) bond motifs is 1. The van der Waals surface area contributed by atoms with Crippen molar-refractivity contribution >= 4 is 57.4 Å². The van der Waals surface area contributed by atoms with Crippen molar-refractivity contribution in [2.24, 2.45) is 0 Å². The minimum Gasteiger partial charge on any atom is -0.494 e. The van der Waals surface area contributed by atoms with Crippen molar-refractivity contribution in [1.29, 1.82) is 0 Å². The molecule has 188 valence electrons. The first kappa shape index (κ1) is 24.9. The molecule has 0 saturated heterocycles. The molecule has 0 bridgehead atoms. The number of amides is 1. The molecule has 1 amide bonds. The molecule has 12 heteroatoms. The molecule has 5 rings (SSSR count). The zero-order chi connectivity index (χ0) is 25.9. The molecule has 2 aromatic carbocycles. The van der Waals surface area contributed by atoms with Gasteiger partial charge in [-0.25, -0.2) is 4.98 Å². The number of para-hydroxylation sites is 1. The van der Waals surface area contributed by atoms with Crippen LogP contribution in [0.15, 0.2) is 70.6 Å². The van der Waals surface area contributed by atoms with Crippen LogP contribution in [0.5, 0.6) is 5.75 Å². The number of thiazole rings is 1. The number of H-pyrrole nitrogens is 1. The van der Waals surface area contributed by atoms with Crippen LogP contribution in [-0.2, 0) is 4.79 Å². The van der Waals surface area contributed by atoms with Crippen molar-refractivity contribution in [1.82, 2.24) is 24.3 Å². The molecule has 0 spiro atoms. The maximum atomic E-state index is 13.8. The average molecular weight is 551 g/mol. The number of hydrogen-bond acceptors (Lipinski definition) is 8. The first-order chi connectivity index (χ1) is 17.9. The second-order valence-electron chi connectivity index (χ2n) is 7.93. The predicted octanol–water partition coefficient (Wildman–Crippen LogP) is 5.13. The molecular formula is C25H22N6O3S3. The molecular weight excluding hydrogens is 529 g/mol. The summed E-state index contributed by atoms with van der Waals surface area (Å²) in [6.07, 6.45) is 0. The maximum absolute atomic E-state index is 13.8. The van der Waals surface area contributed by atoms with Gasteiger partial charge in [-0.05, 0) is 62.5 Å². The van der Waals surface area contributed by atoms with Crippen LogP contribution in [0, 0.1) is 10.9 Å². The summed E-state index contributed by atoms with van der Waals surface area (Å²) in [6, 6.07) is 18.4. The third-order valence-corrected chi connectivity index (χ3v) is 7.59. The second kappa shape index (κ2) is 10.7. The summed E-state index contributed by atoms with van der Waals surface area (Å²) in [4.78, 5) is 31.2. The summed E-state index contributed by atoms with van der Waals surface area (Å²) in [5, 5.41) is 9.96. The Labute approximate surface area is 225 Å². The van der Waals surface area contributed by atoms with Gasteiger partial charge in [0.25, 0.3) is 5.56 Å². The van der Waals surface area contributed by atoms with Gasteiger partial charge >= 0.3 is 0 Å². The Morgan fingerprint density at radius 1 is 1.14 bits per heavy atom. The number of nitrogens with zero attached hydrogens (tertiary/aromatic N) is 4. The molecule has 2 N–H and O–H groups in total. The van der Waals surface area contributed by atoms with Crippen LogP contribution in [0.4, 0.5) is 5.82 Å². The minimum atomic E-state index is -0.265. The molecule has 0 aliphatic heterocycles. The lowest BCUT2D eigenvalue weighted by Crippen LogP contribution is -2.22. The number of nitrogens with one attached hydrogen (secondary N) is 2. The fourth-order valence-electron chi connectivity index (χ4n) is 3.71. The largest absolute Gasteiger partial charge is 0.494 e. The standard InChI is InChI=1S/C25H22N6O3S3/c1-3-34-18-11-9-17(10-12-18)30-22-21(37-25(30)35)23(33)31(16-7-5-4-6-8-16)24(27-22)36-14-20(32)26-19-13-15(2)28-29-19/h4-13H,3,14H2,1-2H3,(H2,26,28,29,32). The van der Waals surface area contributed by atoms with E-state index >= 15 is 0 Å². The van der Waals surface area contributed by atoms with Crippen molar-refractivity contribution < 1.29 is 9.53 Å². The highest BCUT2D eigenvalue weighted by atomic mass is 32.2. The van der Waals surface area contributed by atoms with Crippen LogP contribution in [0.25, 0.3) is 21.7 Å². The van der Waals surface area contributed by atoms with Gasteiger partial charge in [0.15, 0.2) is 20.6 Å². The number of aryl methyl sites for hydroxylation is 1. The number of ether oxygens (including phenoxy) is 1. The van der Waals surface area contributed by atoms with E-state index in [2.05, 4.69) is 15.5 Å². The van der Waals surface area contributed by atoms with Gasteiger partial charge in [0.1, 0.15) is 10.4 Å². The van der Waals surface area contributed by atoms with E-state index in [1.54, 1.807) is 10.6 Å². The summed E-state index contributed by atoms with van der Waals surface area (Å²) in [7, 11) is 0. The summed E-state index contributed by atoms with van der Waals surface area (Å²) in [5.41, 5.74) is 2.46. The Hall–Kier alpha value is -3.74. The van der Waals surface area contributed by atoms with Gasteiger partial charge in [-0.15, -0.1) is 0 Å². The van der Waals surface area contributed by atoms with Crippen LogP contribution >= 0.6 is 35.3 Å². The lowest BCUT2D eigenvalue weighted by atomic mass is 10.3. The first-order valence-corrected chi connectivity index (χ1v) is 13.6. The molecule has 3 heterocycles. The highest BCUT2D eigenvalue weighted by Gasteiger charge is 2.20. The van der Waals surface area contributed by atoms with E-state index in [1.807, 2.05) is 68.4 Å².